The Hall–Kier alpha value is -5.66. The lowest BCUT2D eigenvalue weighted by atomic mass is 9.79. The highest BCUT2D eigenvalue weighted by Crippen LogP contribution is 2.51. The zero-order valence-electron chi connectivity index (χ0n) is 44.1. The fourth-order valence-electron chi connectivity index (χ4n) is 11.6. The fourth-order valence-corrected chi connectivity index (χ4v) is 11.6. The molecule has 6 aromatic rings. The molecule has 0 radical (unpaired) electrons. The molecule has 2 atom stereocenters. The molecule has 2 fully saturated rings. The first-order chi connectivity index (χ1) is 36.7. The van der Waals surface area contributed by atoms with Crippen LogP contribution in [0.15, 0.2) is 133 Å². The Morgan fingerprint density at radius 1 is 0.429 bits per heavy atom. The summed E-state index contributed by atoms with van der Waals surface area (Å²) < 4.78 is 177. The van der Waals surface area contributed by atoms with Gasteiger partial charge in [0.1, 0.15) is 11.5 Å². The molecule has 2 saturated carbocycles. The third kappa shape index (κ3) is 13.8. The highest BCUT2D eigenvalue weighted by Gasteiger charge is 2.46. The predicted octanol–water partition coefficient (Wildman–Crippen LogP) is 18.3. The third-order valence-corrected chi connectivity index (χ3v) is 16.2. The van der Waals surface area contributed by atoms with Gasteiger partial charge < -0.3 is 14.2 Å². The van der Waals surface area contributed by atoms with Gasteiger partial charge in [0.15, 0.2) is 0 Å². The lowest BCUT2D eigenvalue weighted by Gasteiger charge is -2.30. The molecule has 0 spiro atoms. The van der Waals surface area contributed by atoms with E-state index in [1.54, 1.807) is 24.3 Å². The quantitative estimate of drug-likeness (QED) is 0.0713. The second-order valence-electron chi connectivity index (χ2n) is 21.7. The number of alkyl halides is 10. The zero-order valence-corrected chi connectivity index (χ0v) is 44.1. The molecule has 77 heavy (non-hydrogen) atoms. The van der Waals surface area contributed by atoms with E-state index in [1.165, 1.54) is 72.8 Å². The number of methoxy groups -OCH3 is 2. The SMILES string of the molecule is COCC(Cc1ccc(Oc2ccc(CC(COC)C(F)(F)F)c(Cc3ccc(C4CCC(C)CC4)cc3)c2C(F)(F)c2ccccc2)c(C(F)(F)c2ccccc2)c1Cc1ccc(C2CCC(C)CC2)cc1)C(F)(F)F. The van der Waals surface area contributed by atoms with E-state index in [2.05, 4.69) is 13.8 Å². The van der Waals surface area contributed by atoms with E-state index >= 15 is 17.6 Å². The molecule has 2 unspecified atom stereocenters. The molecule has 13 heteroatoms. The van der Waals surface area contributed by atoms with Gasteiger partial charge in [-0.2, -0.15) is 43.9 Å². The topological polar surface area (TPSA) is 27.7 Å². The Morgan fingerprint density at radius 3 is 1.08 bits per heavy atom. The van der Waals surface area contributed by atoms with Crippen LogP contribution >= 0.6 is 0 Å². The predicted molar refractivity (Wildman–Crippen MR) is 281 cm³/mol. The Bertz CT molecular complexity index is 2640. The summed E-state index contributed by atoms with van der Waals surface area (Å²) in [5.41, 5.74) is -0.164. The number of hydrogen-bond acceptors (Lipinski definition) is 3. The molecule has 0 amide bonds. The molecule has 0 bridgehead atoms. The van der Waals surface area contributed by atoms with Gasteiger partial charge in [-0.25, -0.2) is 0 Å². The van der Waals surface area contributed by atoms with E-state index in [0.717, 1.165) is 88.8 Å². The largest absolute Gasteiger partial charge is 0.456 e. The molecular weight excluding hydrogens is 1010 g/mol. The summed E-state index contributed by atoms with van der Waals surface area (Å²) >= 11 is 0. The average molecular weight is 1080 g/mol. The summed E-state index contributed by atoms with van der Waals surface area (Å²) in [7, 11) is 2.24. The smallest absolute Gasteiger partial charge is 0.394 e. The van der Waals surface area contributed by atoms with E-state index in [0.29, 0.717) is 23.0 Å². The first kappa shape index (κ1) is 57.5. The highest BCUT2D eigenvalue weighted by molar-refractivity contribution is 5.58. The third-order valence-electron chi connectivity index (χ3n) is 16.2. The van der Waals surface area contributed by atoms with E-state index in [9.17, 15) is 26.3 Å². The summed E-state index contributed by atoms with van der Waals surface area (Å²) in [5, 5.41) is 0. The van der Waals surface area contributed by atoms with Gasteiger partial charge in [0, 0.05) is 25.3 Å². The van der Waals surface area contributed by atoms with Crippen LogP contribution in [0.25, 0.3) is 0 Å². The van der Waals surface area contributed by atoms with Crippen LogP contribution in [0.5, 0.6) is 11.5 Å². The summed E-state index contributed by atoms with van der Waals surface area (Å²) in [6, 6.07) is 32.8. The molecule has 3 nitrogen and oxygen atoms in total. The van der Waals surface area contributed by atoms with Gasteiger partial charge in [0.2, 0.25) is 0 Å². The first-order valence-electron chi connectivity index (χ1n) is 26.8. The monoisotopic (exact) mass is 1070 g/mol. The van der Waals surface area contributed by atoms with Gasteiger partial charge in [-0.3, -0.25) is 0 Å². The standard InChI is InChI=1S/C64H68F10O3/c1-41-15-23-45(24-16-41)47-27-19-43(20-28-47)35-55-49(37-53(39-75-3)63(69,70)71)31-33-57(59(55)61(65,66)51-11-7-5-8-12-51)77-58-34-32-50(38-54(40-76-4)64(72,73)74)56(60(58)62(67,68)52-13-9-6-10-14-52)36-44-21-29-48(30-22-44)46-25-17-42(2)18-26-46/h5-14,19-22,27-34,41-42,45-46,53-54H,15-18,23-26,35-40H2,1-4H3. The lowest BCUT2D eigenvalue weighted by Crippen LogP contribution is -2.30. The molecule has 2 aliphatic rings. The first-order valence-corrected chi connectivity index (χ1v) is 26.8. The van der Waals surface area contributed by atoms with Gasteiger partial charge in [-0.15, -0.1) is 0 Å². The molecule has 0 N–H and O–H groups in total. The van der Waals surface area contributed by atoms with E-state index < -0.39 is 95.8 Å². The number of rotatable bonds is 20. The van der Waals surface area contributed by atoms with Gasteiger partial charge in [0.25, 0.3) is 0 Å². The van der Waals surface area contributed by atoms with Crippen LogP contribution in [0, 0.1) is 23.7 Å². The van der Waals surface area contributed by atoms with Crippen LogP contribution in [-0.2, 0) is 47.0 Å². The summed E-state index contributed by atoms with van der Waals surface area (Å²) in [6.45, 7) is 2.89. The van der Waals surface area contributed by atoms with Crippen molar-refractivity contribution in [2.24, 2.45) is 23.7 Å². The van der Waals surface area contributed by atoms with Gasteiger partial charge in [0.05, 0.1) is 36.2 Å². The van der Waals surface area contributed by atoms with Gasteiger partial charge >= 0.3 is 24.2 Å². The molecule has 2 aliphatic carbocycles. The summed E-state index contributed by atoms with van der Waals surface area (Å²) in [4.78, 5) is 0. The van der Waals surface area contributed by atoms with Crippen LogP contribution in [-0.4, -0.2) is 39.8 Å². The fraction of sp³-hybridized carbons (Fsp3) is 0.438. The van der Waals surface area contributed by atoms with Gasteiger partial charge in [-0.1, -0.05) is 161 Å². The van der Waals surface area contributed by atoms with E-state index in [4.69, 9.17) is 14.2 Å². The van der Waals surface area contributed by atoms with Crippen LogP contribution in [0.2, 0.25) is 0 Å². The molecule has 0 aromatic heterocycles. The maximum atomic E-state index is 18.0. The van der Waals surface area contributed by atoms with Crippen molar-refractivity contribution < 1.29 is 58.1 Å². The van der Waals surface area contributed by atoms with Gasteiger partial charge in [-0.05, 0) is 132 Å². The molecule has 6 aromatic carbocycles. The van der Waals surface area contributed by atoms with Crippen LogP contribution in [0.4, 0.5) is 43.9 Å². The molecule has 0 aliphatic heterocycles. The van der Waals surface area contributed by atoms with Crippen molar-refractivity contribution in [2.45, 2.75) is 127 Å². The Balaban J connectivity index is 1.35. The number of benzene rings is 6. The summed E-state index contributed by atoms with van der Waals surface area (Å²) in [5.74, 6) is -11.7. The maximum absolute atomic E-state index is 18.0. The molecule has 8 rings (SSSR count). The second-order valence-corrected chi connectivity index (χ2v) is 21.7. The minimum Gasteiger partial charge on any atom is -0.456 e. The van der Waals surface area contributed by atoms with Crippen molar-refractivity contribution in [3.63, 3.8) is 0 Å². The van der Waals surface area contributed by atoms with E-state index in [1.807, 2.05) is 24.3 Å². The summed E-state index contributed by atoms with van der Waals surface area (Å²) in [6.07, 6.45) is -3.59. The van der Waals surface area contributed by atoms with E-state index in [-0.39, 0.29) is 46.9 Å². The molecule has 0 heterocycles. The normalized spacial score (nSPS) is 19.5. The van der Waals surface area contributed by atoms with Crippen molar-refractivity contribution in [1.82, 2.24) is 0 Å². The molecular formula is C64H68F10O3. The number of ether oxygens (including phenoxy) is 3. The minimum absolute atomic E-state index is 0.0823. The average Bonchev–Trinajstić information content (AvgIpc) is 3.41. The van der Waals surface area contributed by atoms with Crippen LogP contribution in [0.1, 0.15) is 144 Å². The van der Waals surface area contributed by atoms with Crippen molar-refractivity contribution in [3.05, 3.63) is 200 Å². The second kappa shape index (κ2) is 24.6. The van der Waals surface area contributed by atoms with Crippen molar-refractivity contribution >= 4 is 0 Å². The number of hydrogen-bond donors (Lipinski definition) is 0. The Kier molecular flexibility index (Phi) is 18.3. The minimum atomic E-state index is -4.80. The molecule has 412 valence electrons. The van der Waals surface area contributed by atoms with Crippen molar-refractivity contribution in [2.75, 3.05) is 27.4 Å². The lowest BCUT2D eigenvalue weighted by molar-refractivity contribution is -0.186. The Morgan fingerprint density at radius 2 is 0.766 bits per heavy atom. The zero-order chi connectivity index (χ0) is 55.1. The van der Waals surface area contributed by atoms with Crippen LogP contribution < -0.4 is 4.74 Å². The maximum Gasteiger partial charge on any atom is 0.394 e. The highest BCUT2D eigenvalue weighted by atomic mass is 19.4. The van der Waals surface area contributed by atoms with Crippen LogP contribution in [0.3, 0.4) is 0 Å². The van der Waals surface area contributed by atoms with Crippen molar-refractivity contribution in [3.8, 4) is 11.5 Å². The van der Waals surface area contributed by atoms with Crippen molar-refractivity contribution in [1.29, 1.82) is 0 Å². The molecule has 0 saturated heterocycles. The number of halogens is 10. The Labute approximate surface area is 446 Å².